The molecule has 4 rings (SSSR count). The van der Waals surface area contributed by atoms with E-state index >= 15 is 0 Å². The highest BCUT2D eigenvalue weighted by Crippen LogP contribution is 2.39. The minimum atomic E-state index is -0.676. The van der Waals surface area contributed by atoms with Crippen LogP contribution in [0.25, 0.3) is 10.8 Å². The van der Waals surface area contributed by atoms with Crippen LogP contribution in [-0.4, -0.2) is 16.9 Å². The molecule has 0 bridgehead atoms. The molecule has 0 radical (unpaired) electrons. The van der Waals surface area contributed by atoms with Gasteiger partial charge in [-0.3, -0.25) is 14.9 Å². The van der Waals surface area contributed by atoms with E-state index in [0.29, 0.717) is 18.0 Å². The second-order valence-electron chi connectivity index (χ2n) is 7.25. The van der Waals surface area contributed by atoms with Gasteiger partial charge in [0.1, 0.15) is 0 Å². The van der Waals surface area contributed by atoms with Gasteiger partial charge in [0.2, 0.25) is 0 Å². The number of carbonyl (C=O) groups is 1. The zero-order valence-corrected chi connectivity index (χ0v) is 15.7. The van der Waals surface area contributed by atoms with E-state index in [1.807, 2.05) is 56.3 Å². The number of carbonyl (C=O) groups excluding carboxylic acids is 1. The normalized spacial score (nSPS) is 16.2. The number of rotatable bonds is 4. The van der Waals surface area contributed by atoms with E-state index in [4.69, 9.17) is 4.74 Å². The first kappa shape index (κ1) is 18.0. The van der Waals surface area contributed by atoms with Crippen LogP contribution in [-0.2, 0) is 11.3 Å². The summed E-state index contributed by atoms with van der Waals surface area (Å²) in [5.41, 5.74) is 1.52. The maximum absolute atomic E-state index is 13.2. The van der Waals surface area contributed by atoms with Gasteiger partial charge in [-0.15, -0.1) is 0 Å². The molecule has 0 spiro atoms. The van der Waals surface area contributed by atoms with Gasteiger partial charge < -0.3 is 9.64 Å². The largest absolute Gasteiger partial charge is 0.478 e. The van der Waals surface area contributed by atoms with E-state index in [1.54, 1.807) is 11.0 Å². The number of non-ortho nitro benzene ring substituents is 1. The first-order chi connectivity index (χ1) is 13.5. The van der Waals surface area contributed by atoms with Crippen LogP contribution in [0, 0.1) is 16.0 Å². The lowest BCUT2D eigenvalue weighted by Crippen LogP contribution is -2.48. The highest BCUT2D eigenvalue weighted by molar-refractivity contribution is 6.01. The quantitative estimate of drug-likeness (QED) is 0.489. The van der Waals surface area contributed by atoms with Crippen molar-refractivity contribution in [3.63, 3.8) is 0 Å². The van der Waals surface area contributed by atoms with Crippen molar-refractivity contribution in [3.8, 4) is 5.75 Å². The maximum atomic E-state index is 13.2. The monoisotopic (exact) mass is 376 g/mol. The Labute approximate surface area is 162 Å². The Bertz CT molecular complexity index is 1070. The first-order valence-electron chi connectivity index (χ1n) is 9.19. The van der Waals surface area contributed by atoms with Crippen LogP contribution >= 0.6 is 0 Å². The summed E-state index contributed by atoms with van der Waals surface area (Å²) in [6, 6.07) is 18.4. The molecule has 1 amide bonds. The molecule has 0 fully saturated rings. The second kappa shape index (κ2) is 6.96. The third-order valence-electron chi connectivity index (χ3n) is 5.02. The van der Waals surface area contributed by atoms with Gasteiger partial charge in [-0.05, 0) is 28.3 Å². The Morgan fingerprint density at radius 2 is 1.86 bits per heavy atom. The van der Waals surface area contributed by atoms with Gasteiger partial charge >= 0.3 is 0 Å². The van der Waals surface area contributed by atoms with Gasteiger partial charge in [0.15, 0.2) is 11.9 Å². The smallest absolute Gasteiger partial charge is 0.273 e. The minimum absolute atomic E-state index is 0.0549. The van der Waals surface area contributed by atoms with Crippen LogP contribution in [0.1, 0.15) is 19.4 Å². The standard InChI is InChI=1S/C22H20N2O4/c1-14(2)21-22(25)23(19-11-10-17(24(26)27)12-20(19)28-21)13-16-8-5-7-15-6-3-4-9-18(15)16/h3-12,14,21H,13H2,1-2H3. The molecule has 0 aliphatic carbocycles. The summed E-state index contributed by atoms with van der Waals surface area (Å²) < 4.78 is 5.86. The Kier molecular flexibility index (Phi) is 4.47. The molecule has 1 unspecified atom stereocenters. The van der Waals surface area contributed by atoms with E-state index in [0.717, 1.165) is 16.3 Å². The van der Waals surface area contributed by atoms with E-state index in [1.165, 1.54) is 12.1 Å². The molecule has 3 aromatic carbocycles. The van der Waals surface area contributed by atoms with Crippen molar-refractivity contribution in [2.45, 2.75) is 26.5 Å². The summed E-state index contributed by atoms with van der Waals surface area (Å²) in [6.07, 6.45) is -0.676. The average molecular weight is 376 g/mol. The molecule has 0 N–H and O–H groups in total. The predicted molar refractivity (Wildman–Crippen MR) is 107 cm³/mol. The molecule has 1 aliphatic rings. The number of nitrogens with zero attached hydrogens (tertiary/aromatic N) is 2. The predicted octanol–water partition coefficient (Wildman–Crippen LogP) is 4.70. The van der Waals surface area contributed by atoms with Crippen LogP contribution in [0.15, 0.2) is 60.7 Å². The van der Waals surface area contributed by atoms with Crippen molar-refractivity contribution >= 4 is 28.1 Å². The fourth-order valence-corrected chi connectivity index (χ4v) is 3.58. The molecule has 6 heteroatoms. The van der Waals surface area contributed by atoms with Crippen molar-refractivity contribution in [2.24, 2.45) is 5.92 Å². The van der Waals surface area contributed by atoms with Crippen LogP contribution in [0.2, 0.25) is 0 Å². The van der Waals surface area contributed by atoms with Crippen molar-refractivity contribution < 1.29 is 14.5 Å². The second-order valence-corrected chi connectivity index (χ2v) is 7.25. The topological polar surface area (TPSA) is 72.7 Å². The average Bonchev–Trinajstić information content (AvgIpc) is 2.69. The Morgan fingerprint density at radius 1 is 1.11 bits per heavy atom. The van der Waals surface area contributed by atoms with E-state index in [9.17, 15) is 14.9 Å². The molecule has 0 saturated heterocycles. The third-order valence-corrected chi connectivity index (χ3v) is 5.02. The van der Waals surface area contributed by atoms with Crippen LogP contribution in [0.4, 0.5) is 11.4 Å². The van der Waals surface area contributed by atoms with E-state index in [-0.39, 0.29) is 17.5 Å². The maximum Gasteiger partial charge on any atom is 0.273 e. The highest BCUT2D eigenvalue weighted by Gasteiger charge is 2.37. The summed E-state index contributed by atoms with van der Waals surface area (Å²) in [5, 5.41) is 13.3. The molecular weight excluding hydrogens is 356 g/mol. The van der Waals surface area contributed by atoms with Crippen molar-refractivity contribution in [3.05, 3.63) is 76.3 Å². The van der Waals surface area contributed by atoms with Crippen molar-refractivity contribution in [2.75, 3.05) is 4.90 Å². The molecule has 1 atom stereocenters. The number of benzene rings is 3. The van der Waals surface area contributed by atoms with Crippen LogP contribution in [0.5, 0.6) is 5.75 Å². The van der Waals surface area contributed by atoms with Gasteiger partial charge in [-0.2, -0.15) is 0 Å². The zero-order chi connectivity index (χ0) is 19.8. The first-order valence-corrected chi connectivity index (χ1v) is 9.19. The number of nitro benzene ring substituents is 1. The summed E-state index contributed by atoms with van der Waals surface area (Å²) in [4.78, 5) is 25.5. The number of hydrogen-bond donors (Lipinski definition) is 0. The number of hydrogen-bond acceptors (Lipinski definition) is 4. The van der Waals surface area contributed by atoms with E-state index in [2.05, 4.69) is 0 Å². The highest BCUT2D eigenvalue weighted by atomic mass is 16.6. The van der Waals surface area contributed by atoms with Gasteiger partial charge in [-0.1, -0.05) is 56.3 Å². The Balaban J connectivity index is 1.80. The zero-order valence-electron chi connectivity index (χ0n) is 15.7. The van der Waals surface area contributed by atoms with Crippen molar-refractivity contribution in [1.29, 1.82) is 0 Å². The van der Waals surface area contributed by atoms with Crippen LogP contribution < -0.4 is 9.64 Å². The lowest BCUT2D eigenvalue weighted by atomic mass is 10.0. The number of amides is 1. The van der Waals surface area contributed by atoms with Gasteiger partial charge in [0, 0.05) is 6.07 Å². The summed E-state index contributed by atoms with van der Waals surface area (Å²) in [5.74, 6) is 0.173. The van der Waals surface area contributed by atoms with E-state index < -0.39 is 11.0 Å². The van der Waals surface area contributed by atoms with Gasteiger partial charge in [0.05, 0.1) is 23.2 Å². The Hall–Kier alpha value is -3.41. The fourth-order valence-electron chi connectivity index (χ4n) is 3.58. The van der Waals surface area contributed by atoms with Gasteiger partial charge in [-0.25, -0.2) is 0 Å². The molecule has 0 aromatic heterocycles. The number of anilines is 1. The summed E-state index contributed by atoms with van der Waals surface area (Å²) >= 11 is 0. The molecule has 1 heterocycles. The van der Waals surface area contributed by atoms with Gasteiger partial charge in [0.25, 0.3) is 11.6 Å². The molecule has 0 saturated carbocycles. The Morgan fingerprint density at radius 3 is 2.61 bits per heavy atom. The van der Waals surface area contributed by atoms with Crippen LogP contribution in [0.3, 0.4) is 0 Å². The number of nitro groups is 1. The molecule has 6 nitrogen and oxygen atoms in total. The fraction of sp³-hybridized carbons (Fsp3) is 0.227. The number of ether oxygens (including phenoxy) is 1. The molecule has 28 heavy (non-hydrogen) atoms. The molecule has 3 aromatic rings. The molecular formula is C22H20N2O4. The lowest BCUT2D eigenvalue weighted by Gasteiger charge is -2.36. The third kappa shape index (κ3) is 3.07. The number of fused-ring (bicyclic) bond motifs is 2. The SMILES string of the molecule is CC(C)C1Oc2cc([N+](=O)[O-])ccc2N(Cc2cccc3ccccc23)C1=O. The summed E-state index contributed by atoms with van der Waals surface area (Å²) in [7, 11) is 0. The molecule has 142 valence electrons. The lowest BCUT2D eigenvalue weighted by molar-refractivity contribution is -0.384. The minimum Gasteiger partial charge on any atom is -0.478 e. The molecule has 1 aliphatic heterocycles. The van der Waals surface area contributed by atoms with Crippen molar-refractivity contribution in [1.82, 2.24) is 0 Å². The summed E-state index contributed by atoms with van der Waals surface area (Å²) in [6.45, 7) is 4.18.